The minimum Gasteiger partial charge on any atom is -0.478 e. The maximum atomic E-state index is 12.7. The van der Waals surface area contributed by atoms with Crippen molar-refractivity contribution in [2.45, 2.75) is 0 Å². The first-order valence-electron chi connectivity index (χ1n) is 5.37. The third-order valence-electron chi connectivity index (χ3n) is 2.40. The molecule has 0 aliphatic heterocycles. The quantitative estimate of drug-likeness (QED) is 0.807. The largest absolute Gasteiger partial charge is 0.478 e. The third kappa shape index (κ3) is 3.34. The van der Waals surface area contributed by atoms with Crippen molar-refractivity contribution in [3.63, 3.8) is 0 Å². The van der Waals surface area contributed by atoms with Gasteiger partial charge in [-0.05, 0) is 42.5 Å². The van der Waals surface area contributed by atoms with Crippen molar-refractivity contribution in [2.24, 2.45) is 0 Å². The lowest BCUT2D eigenvalue weighted by Crippen LogP contribution is -1.96. The Morgan fingerprint density at radius 3 is 2.42 bits per heavy atom. The Hall–Kier alpha value is -2.31. The van der Waals surface area contributed by atoms with E-state index in [-0.39, 0.29) is 11.4 Å². The molecule has 2 aromatic rings. The fraction of sp³-hybridized carbons (Fsp3) is 0. The maximum Gasteiger partial charge on any atom is 0.335 e. The van der Waals surface area contributed by atoms with Gasteiger partial charge in [0.2, 0.25) is 0 Å². The van der Waals surface area contributed by atoms with Gasteiger partial charge in [0.15, 0.2) is 0 Å². The van der Waals surface area contributed by atoms with E-state index in [0.717, 1.165) is 0 Å². The highest BCUT2D eigenvalue weighted by Crippen LogP contribution is 2.17. The number of hydrogen-bond acceptors (Lipinski definition) is 1. The Labute approximate surface area is 114 Å². The van der Waals surface area contributed by atoms with Gasteiger partial charge >= 0.3 is 5.97 Å². The fourth-order valence-electron chi connectivity index (χ4n) is 1.43. The minimum absolute atomic E-state index is 0.118. The van der Waals surface area contributed by atoms with Gasteiger partial charge in [0.25, 0.3) is 0 Å². The van der Waals surface area contributed by atoms with Crippen LogP contribution < -0.4 is 0 Å². The predicted octanol–water partition coefficient (Wildman–Crippen LogP) is 3.58. The molecule has 0 spiro atoms. The Morgan fingerprint density at radius 1 is 1.11 bits per heavy atom. The Bertz CT molecular complexity index is 682. The van der Waals surface area contributed by atoms with Crippen molar-refractivity contribution in [2.75, 3.05) is 0 Å². The highest BCUT2D eigenvalue weighted by atomic mass is 35.5. The molecule has 0 saturated heterocycles. The number of carboxylic acid groups (broad SMARTS) is 1. The van der Waals surface area contributed by atoms with E-state index >= 15 is 0 Å². The number of halogens is 2. The van der Waals surface area contributed by atoms with Crippen LogP contribution in [0.1, 0.15) is 21.5 Å². The van der Waals surface area contributed by atoms with Crippen LogP contribution in [0, 0.1) is 17.7 Å². The molecule has 0 bridgehead atoms. The average Bonchev–Trinajstić information content (AvgIpc) is 2.39. The van der Waals surface area contributed by atoms with Crippen LogP contribution in [-0.2, 0) is 0 Å². The lowest BCUT2D eigenvalue weighted by atomic mass is 10.1. The van der Waals surface area contributed by atoms with E-state index in [1.54, 1.807) is 0 Å². The van der Waals surface area contributed by atoms with Crippen molar-refractivity contribution >= 4 is 17.6 Å². The monoisotopic (exact) mass is 274 g/mol. The molecule has 0 amide bonds. The fourth-order valence-corrected chi connectivity index (χ4v) is 1.59. The molecule has 0 atom stereocenters. The van der Waals surface area contributed by atoms with Gasteiger partial charge in [0, 0.05) is 11.1 Å². The minimum atomic E-state index is -1.04. The number of rotatable bonds is 1. The summed E-state index contributed by atoms with van der Waals surface area (Å²) >= 11 is 5.94. The molecule has 4 heteroatoms. The van der Waals surface area contributed by atoms with E-state index in [0.29, 0.717) is 16.1 Å². The highest BCUT2D eigenvalue weighted by Gasteiger charge is 2.05. The molecule has 0 radical (unpaired) electrons. The van der Waals surface area contributed by atoms with Gasteiger partial charge in [-0.1, -0.05) is 23.4 Å². The van der Waals surface area contributed by atoms with Gasteiger partial charge in [0.05, 0.1) is 10.6 Å². The van der Waals surface area contributed by atoms with Gasteiger partial charge in [0.1, 0.15) is 5.82 Å². The van der Waals surface area contributed by atoms with Crippen LogP contribution in [0.3, 0.4) is 0 Å². The standard InChI is InChI=1S/C15H8ClFO2/c16-14-8-5-12(15(18)19)9-11(14)4-1-10-2-6-13(17)7-3-10/h2-3,5-9H,(H,18,19). The van der Waals surface area contributed by atoms with E-state index in [1.807, 2.05) is 0 Å². The van der Waals surface area contributed by atoms with E-state index < -0.39 is 5.97 Å². The Morgan fingerprint density at radius 2 is 1.79 bits per heavy atom. The SMILES string of the molecule is O=C(O)c1ccc(Cl)c(C#Cc2ccc(F)cc2)c1. The number of aromatic carboxylic acids is 1. The number of carbonyl (C=O) groups is 1. The first-order valence-corrected chi connectivity index (χ1v) is 5.74. The molecule has 2 nitrogen and oxygen atoms in total. The van der Waals surface area contributed by atoms with Gasteiger partial charge in [-0.15, -0.1) is 0 Å². The Balaban J connectivity index is 2.36. The third-order valence-corrected chi connectivity index (χ3v) is 2.73. The van der Waals surface area contributed by atoms with Crippen LogP contribution in [-0.4, -0.2) is 11.1 Å². The summed E-state index contributed by atoms with van der Waals surface area (Å²) in [6, 6.07) is 9.99. The molecule has 0 aliphatic carbocycles. The zero-order valence-electron chi connectivity index (χ0n) is 9.65. The summed E-state index contributed by atoms with van der Waals surface area (Å²) in [6.45, 7) is 0. The summed E-state index contributed by atoms with van der Waals surface area (Å²) in [5.41, 5.74) is 1.16. The molecule has 0 heterocycles. The predicted molar refractivity (Wildman–Crippen MR) is 70.8 cm³/mol. The van der Waals surface area contributed by atoms with Gasteiger partial charge in [-0.2, -0.15) is 0 Å². The van der Waals surface area contributed by atoms with Crippen LogP contribution in [0.2, 0.25) is 5.02 Å². The topological polar surface area (TPSA) is 37.3 Å². The van der Waals surface area contributed by atoms with Gasteiger partial charge in [-0.3, -0.25) is 0 Å². The molecule has 2 rings (SSSR count). The van der Waals surface area contributed by atoms with Crippen LogP contribution >= 0.6 is 11.6 Å². The summed E-state index contributed by atoms with van der Waals surface area (Å²) in [5, 5.41) is 9.26. The molecular formula is C15H8ClFO2. The van der Waals surface area contributed by atoms with Crippen molar-refractivity contribution in [3.8, 4) is 11.8 Å². The summed E-state index contributed by atoms with van der Waals surface area (Å²) in [4.78, 5) is 10.8. The molecule has 0 unspecified atom stereocenters. The van der Waals surface area contributed by atoms with E-state index in [1.165, 1.54) is 42.5 Å². The second-order valence-corrected chi connectivity index (χ2v) is 4.16. The molecule has 0 saturated carbocycles. The zero-order valence-corrected chi connectivity index (χ0v) is 10.4. The molecule has 0 fully saturated rings. The van der Waals surface area contributed by atoms with E-state index in [4.69, 9.17) is 16.7 Å². The second-order valence-electron chi connectivity index (χ2n) is 3.76. The molecule has 1 N–H and O–H groups in total. The number of carboxylic acids is 1. The molecule has 0 aliphatic rings. The Kier molecular flexibility index (Phi) is 3.84. The second kappa shape index (κ2) is 5.55. The zero-order chi connectivity index (χ0) is 13.8. The smallest absolute Gasteiger partial charge is 0.335 e. The van der Waals surface area contributed by atoms with Gasteiger partial charge < -0.3 is 5.11 Å². The molecule has 0 aromatic heterocycles. The lowest BCUT2D eigenvalue weighted by molar-refractivity contribution is 0.0697. The van der Waals surface area contributed by atoms with Crippen molar-refractivity contribution in [1.82, 2.24) is 0 Å². The van der Waals surface area contributed by atoms with Crippen molar-refractivity contribution in [3.05, 3.63) is 70.0 Å². The number of hydrogen-bond donors (Lipinski definition) is 1. The summed E-state index contributed by atoms with van der Waals surface area (Å²) in [5.74, 6) is 4.20. The van der Waals surface area contributed by atoms with Crippen LogP contribution in [0.25, 0.3) is 0 Å². The first-order chi connectivity index (χ1) is 9.06. The number of benzene rings is 2. The highest BCUT2D eigenvalue weighted by molar-refractivity contribution is 6.31. The molecule has 94 valence electrons. The maximum absolute atomic E-state index is 12.7. The van der Waals surface area contributed by atoms with Crippen molar-refractivity contribution < 1.29 is 14.3 Å². The van der Waals surface area contributed by atoms with Crippen LogP contribution in [0.4, 0.5) is 4.39 Å². The summed E-state index contributed by atoms with van der Waals surface area (Å²) in [7, 11) is 0. The summed E-state index contributed by atoms with van der Waals surface area (Å²) < 4.78 is 12.7. The normalized spacial score (nSPS) is 9.58. The van der Waals surface area contributed by atoms with Gasteiger partial charge in [-0.25, -0.2) is 9.18 Å². The van der Waals surface area contributed by atoms with Crippen LogP contribution in [0.5, 0.6) is 0 Å². The van der Waals surface area contributed by atoms with E-state index in [2.05, 4.69) is 11.8 Å². The average molecular weight is 275 g/mol. The molecule has 2 aromatic carbocycles. The van der Waals surface area contributed by atoms with Crippen LogP contribution in [0.15, 0.2) is 42.5 Å². The van der Waals surface area contributed by atoms with Crippen molar-refractivity contribution in [1.29, 1.82) is 0 Å². The summed E-state index contributed by atoms with van der Waals surface area (Å²) in [6.07, 6.45) is 0. The lowest BCUT2D eigenvalue weighted by Gasteiger charge is -1.98. The molecule has 19 heavy (non-hydrogen) atoms. The molecular weight excluding hydrogens is 267 g/mol. The van der Waals surface area contributed by atoms with E-state index in [9.17, 15) is 9.18 Å². The first kappa shape index (κ1) is 13.1.